The van der Waals surface area contributed by atoms with Gasteiger partial charge in [0, 0.05) is 37.8 Å². The van der Waals surface area contributed by atoms with Gasteiger partial charge in [-0.15, -0.1) is 0 Å². The summed E-state index contributed by atoms with van der Waals surface area (Å²) in [6, 6.07) is 17.9. The molecule has 27 heavy (non-hydrogen) atoms. The number of hydrogen-bond acceptors (Lipinski definition) is 3. The fourth-order valence-corrected chi connectivity index (χ4v) is 3.41. The molecule has 0 bridgehead atoms. The zero-order chi connectivity index (χ0) is 19.1. The van der Waals surface area contributed by atoms with Gasteiger partial charge in [0.05, 0.1) is 5.56 Å². The van der Waals surface area contributed by atoms with Crippen LogP contribution in [-0.2, 0) is 11.3 Å². The first-order chi connectivity index (χ1) is 13.2. The lowest BCUT2D eigenvalue weighted by Crippen LogP contribution is -2.45. The summed E-state index contributed by atoms with van der Waals surface area (Å²) in [5, 5.41) is 6.09. The van der Waals surface area contributed by atoms with Gasteiger partial charge in [-0.1, -0.05) is 49.4 Å². The molecule has 3 rings (SSSR count). The Kier molecular flexibility index (Phi) is 6.47. The largest absolute Gasteiger partial charge is 0.371 e. The Balaban J connectivity index is 1.62. The van der Waals surface area contributed by atoms with E-state index in [2.05, 4.69) is 15.5 Å². The van der Waals surface area contributed by atoms with E-state index in [1.165, 1.54) is 0 Å². The van der Waals surface area contributed by atoms with E-state index in [4.69, 9.17) is 0 Å². The van der Waals surface area contributed by atoms with Crippen LogP contribution in [0.15, 0.2) is 54.6 Å². The van der Waals surface area contributed by atoms with Crippen LogP contribution in [0.1, 0.15) is 42.1 Å². The number of carbonyl (C=O) groups excluding carboxylic acids is 2. The zero-order valence-electron chi connectivity index (χ0n) is 15.8. The molecule has 1 aliphatic rings. The first-order valence-corrected chi connectivity index (χ1v) is 9.63. The van der Waals surface area contributed by atoms with Crippen LogP contribution in [-0.4, -0.2) is 30.9 Å². The van der Waals surface area contributed by atoms with E-state index < -0.39 is 0 Å². The Morgan fingerprint density at radius 1 is 1.00 bits per heavy atom. The quantitative estimate of drug-likeness (QED) is 0.827. The van der Waals surface area contributed by atoms with E-state index in [1.807, 2.05) is 61.5 Å². The van der Waals surface area contributed by atoms with Gasteiger partial charge in [0.1, 0.15) is 0 Å². The molecule has 0 atom stereocenters. The molecule has 1 aliphatic heterocycles. The monoisotopic (exact) mass is 365 g/mol. The molecular formula is C22H27N3O2. The van der Waals surface area contributed by atoms with Crippen molar-refractivity contribution in [2.45, 2.75) is 38.8 Å². The average molecular weight is 365 g/mol. The van der Waals surface area contributed by atoms with Crippen LogP contribution in [0, 0.1) is 0 Å². The summed E-state index contributed by atoms with van der Waals surface area (Å²) in [7, 11) is 0. The third kappa shape index (κ3) is 5.09. The minimum Gasteiger partial charge on any atom is -0.371 e. The second-order valence-electron chi connectivity index (χ2n) is 6.87. The average Bonchev–Trinajstić information content (AvgIpc) is 2.73. The van der Waals surface area contributed by atoms with Crippen molar-refractivity contribution >= 4 is 17.5 Å². The number of nitrogens with one attached hydrogen (secondary N) is 2. The van der Waals surface area contributed by atoms with E-state index in [1.54, 1.807) is 0 Å². The second-order valence-corrected chi connectivity index (χ2v) is 6.87. The number of amides is 2. The number of para-hydroxylation sites is 1. The predicted molar refractivity (Wildman–Crippen MR) is 108 cm³/mol. The standard InChI is InChI=1S/C22H27N3O2/c1-2-21(26)24-18-12-14-25(15-13-18)20-11-7-6-10-19(20)22(27)23-16-17-8-4-3-5-9-17/h3-11,18H,2,12-16H2,1H3,(H,23,27)(H,24,26). The molecule has 2 aromatic carbocycles. The number of rotatable bonds is 6. The van der Waals surface area contributed by atoms with E-state index in [9.17, 15) is 9.59 Å². The molecule has 0 unspecified atom stereocenters. The summed E-state index contributed by atoms with van der Waals surface area (Å²) >= 11 is 0. The highest BCUT2D eigenvalue weighted by atomic mass is 16.2. The maximum atomic E-state index is 12.7. The molecular weight excluding hydrogens is 338 g/mol. The van der Waals surface area contributed by atoms with Gasteiger partial charge >= 0.3 is 0 Å². The molecule has 2 N–H and O–H groups in total. The SMILES string of the molecule is CCC(=O)NC1CCN(c2ccccc2C(=O)NCc2ccccc2)CC1. The van der Waals surface area contributed by atoms with Gasteiger partial charge in [0.25, 0.3) is 5.91 Å². The molecule has 1 heterocycles. The fourth-order valence-electron chi connectivity index (χ4n) is 3.41. The van der Waals surface area contributed by atoms with Crippen LogP contribution in [0.3, 0.4) is 0 Å². The topological polar surface area (TPSA) is 61.4 Å². The maximum Gasteiger partial charge on any atom is 0.253 e. The minimum absolute atomic E-state index is 0.0594. The molecule has 0 aliphatic carbocycles. The van der Waals surface area contributed by atoms with E-state index in [-0.39, 0.29) is 17.9 Å². The van der Waals surface area contributed by atoms with Crippen molar-refractivity contribution in [2.24, 2.45) is 0 Å². The highest BCUT2D eigenvalue weighted by Crippen LogP contribution is 2.24. The fraction of sp³-hybridized carbons (Fsp3) is 0.364. The van der Waals surface area contributed by atoms with Gasteiger partial charge in [0.15, 0.2) is 0 Å². The third-order valence-corrected chi connectivity index (χ3v) is 4.97. The van der Waals surface area contributed by atoms with Crippen LogP contribution >= 0.6 is 0 Å². The Labute approximate surface area is 160 Å². The van der Waals surface area contributed by atoms with Gasteiger partial charge in [-0.2, -0.15) is 0 Å². The predicted octanol–water partition coefficient (Wildman–Crippen LogP) is 3.11. The summed E-state index contributed by atoms with van der Waals surface area (Å²) in [4.78, 5) is 26.6. The van der Waals surface area contributed by atoms with Crippen LogP contribution < -0.4 is 15.5 Å². The molecule has 2 aromatic rings. The zero-order valence-corrected chi connectivity index (χ0v) is 15.8. The van der Waals surface area contributed by atoms with Gasteiger partial charge in [-0.05, 0) is 30.5 Å². The Morgan fingerprint density at radius 2 is 1.67 bits per heavy atom. The van der Waals surface area contributed by atoms with E-state index >= 15 is 0 Å². The molecule has 0 aromatic heterocycles. The lowest BCUT2D eigenvalue weighted by atomic mass is 10.0. The number of anilines is 1. The molecule has 2 amide bonds. The first-order valence-electron chi connectivity index (χ1n) is 9.63. The van der Waals surface area contributed by atoms with Crippen LogP contribution in [0.2, 0.25) is 0 Å². The molecule has 0 saturated carbocycles. The van der Waals surface area contributed by atoms with Gasteiger partial charge in [-0.25, -0.2) is 0 Å². The van der Waals surface area contributed by atoms with Crippen molar-refractivity contribution < 1.29 is 9.59 Å². The highest BCUT2D eigenvalue weighted by molar-refractivity contribution is 5.99. The van der Waals surface area contributed by atoms with E-state index in [0.717, 1.165) is 37.2 Å². The number of nitrogens with zero attached hydrogens (tertiary/aromatic N) is 1. The highest BCUT2D eigenvalue weighted by Gasteiger charge is 2.23. The normalized spacial score (nSPS) is 14.6. The molecule has 5 heteroatoms. The molecule has 142 valence electrons. The Bertz CT molecular complexity index is 768. The minimum atomic E-state index is -0.0594. The molecule has 5 nitrogen and oxygen atoms in total. The molecule has 0 spiro atoms. The third-order valence-electron chi connectivity index (χ3n) is 4.97. The number of carbonyl (C=O) groups is 2. The van der Waals surface area contributed by atoms with Crippen molar-refractivity contribution in [3.05, 3.63) is 65.7 Å². The van der Waals surface area contributed by atoms with E-state index in [0.29, 0.717) is 18.5 Å². The number of benzene rings is 2. The Morgan fingerprint density at radius 3 is 2.37 bits per heavy atom. The van der Waals surface area contributed by atoms with Gasteiger partial charge < -0.3 is 15.5 Å². The summed E-state index contributed by atoms with van der Waals surface area (Å²) in [6.07, 6.45) is 2.31. The van der Waals surface area contributed by atoms with Crippen LogP contribution in [0.25, 0.3) is 0 Å². The van der Waals surface area contributed by atoms with Gasteiger partial charge in [0.2, 0.25) is 5.91 Å². The summed E-state index contributed by atoms with van der Waals surface area (Å²) in [5.41, 5.74) is 2.74. The van der Waals surface area contributed by atoms with Crippen molar-refractivity contribution in [3.8, 4) is 0 Å². The summed E-state index contributed by atoms with van der Waals surface area (Å²) in [6.45, 7) is 4.04. The number of hydrogen-bond donors (Lipinski definition) is 2. The molecule has 0 radical (unpaired) electrons. The van der Waals surface area contributed by atoms with Crippen molar-refractivity contribution in [1.82, 2.24) is 10.6 Å². The molecule has 1 fully saturated rings. The molecule has 1 saturated heterocycles. The smallest absolute Gasteiger partial charge is 0.253 e. The lowest BCUT2D eigenvalue weighted by Gasteiger charge is -2.34. The lowest BCUT2D eigenvalue weighted by molar-refractivity contribution is -0.121. The van der Waals surface area contributed by atoms with Crippen molar-refractivity contribution in [1.29, 1.82) is 0 Å². The summed E-state index contributed by atoms with van der Waals surface area (Å²) < 4.78 is 0. The second kappa shape index (κ2) is 9.21. The van der Waals surface area contributed by atoms with Crippen LogP contribution in [0.4, 0.5) is 5.69 Å². The van der Waals surface area contributed by atoms with Crippen molar-refractivity contribution in [2.75, 3.05) is 18.0 Å². The number of piperidine rings is 1. The maximum absolute atomic E-state index is 12.7. The van der Waals surface area contributed by atoms with Crippen molar-refractivity contribution in [3.63, 3.8) is 0 Å². The van der Waals surface area contributed by atoms with Gasteiger partial charge in [-0.3, -0.25) is 9.59 Å². The first kappa shape index (κ1) is 19.0. The Hall–Kier alpha value is -2.82. The van der Waals surface area contributed by atoms with Crippen LogP contribution in [0.5, 0.6) is 0 Å². The summed E-state index contributed by atoms with van der Waals surface area (Å²) in [5.74, 6) is 0.0463.